The molecule has 0 radical (unpaired) electrons. The van der Waals surface area contributed by atoms with Gasteiger partial charge < -0.3 is 10.4 Å². The van der Waals surface area contributed by atoms with E-state index in [9.17, 15) is 5.11 Å². The number of fused-ring (bicyclic) bond motifs is 1. The largest absolute Gasteiger partial charge is 0.392 e. The molecule has 2 unspecified atom stereocenters. The van der Waals surface area contributed by atoms with E-state index < -0.39 is 0 Å². The molecular weight excluding hydrogens is 210 g/mol. The third-order valence-electron chi connectivity index (χ3n) is 3.80. The van der Waals surface area contributed by atoms with E-state index in [0.717, 1.165) is 6.42 Å². The molecule has 2 atom stereocenters. The van der Waals surface area contributed by atoms with E-state index in [4.69, 9.17) is 0 Å². The second kappa shape index (κ2) is 4.79. The number of rotatable bonds is 3. The summed E-state index contributed by atoms with van der Waals surface area (Å²) in [7, 11) is 0. The van der Waals surface area contributed by atoms with Crippen LogP contribution in [0.3, 0.4) is 0 Å². The first kappa shape index (κ1) is 12.6. The molecule has 1 aromatic carbocycles. The lowest BCUT2D eigenvalue weighted by Gasteiger charge is -2.41. The molecule has 1 aliphatic rings. The summed E-state index contributed by atoms with van der Waals surface area (Å²) in [5, 5.41) is 13.0. The highest BCUT2D eigenvalue weighted by atomic mass is 16.3. The highest BCUT2D eigenvalue weighted by Crippen LogP contribution is 2.43. The van der Waals surface area contributed by atoms with Gasteiger partial charge in [0.05, 0.1) is 6.10 Å². The topological polar surface area (TPSA) is 32.3 Å². The standard InChI is InChI=1S/C15H23NO/c1-11(17)10-16-14-13-7-5-4-6-12(13)8-9-15(14,2)3/h4-7,11,14,16-17H,8-10H2,1-3H3. The molecule has 0 bridgehead atoms. The Bertz CT molecular complexity index is 384. The van der Waals surface area contributed by atoms with Gasteiger partial charge in [0.1, 0.15) is 0 Å². The summed E-state index contributed by atoms with van der Waals surface area (Å²) in [6.45, 7) is 7.10. The number of nitrogens with one attached hydrogen (secondary N) is 1. The van der Waals surface area contributed by atoms with Crippen LogP contribution in [0.5, 0.6) is 0 Å². The van der Waals surface area contributed by atoms with Crippen molar-refractivity contribution in [2.45, 2.75) is 45.8 Å². The molecule has 2 heteroatoms. The van der Waals surface area contributed by atoms with E-state index in [1.54, 1.807) is 0 Å². The summed E-state index contributed by atoms with van der Waals surface area (Å²) in [6, 6.07) is 9.01. The first-order chi connectivity index (χ1) is 8.00. The summed E-state index contributed by atoms with van der Waals surface area (Å²) < 4.78 is 0. The number of aryl methyl sites for hydroxylation is 1. The first-order valence-corrected chi connectivity index (χ1v) is 6.50. The van der Waals surface area contributed by atoms with Crippen LogP contribution < -0.4 is 5.32 Å². The van der Waals surface area contributed by atoms with Gasteiger partial charge in [-0.05, 0) is 36.3 Å². The van der Waals surface area contributed by atoms with Crippen molar-refractivity contribution in [2.24, 2.45) is 5.41 Å². The Morgan fingerprint density at radius 2 is 2.12 bits per heavy atom. The minimum atomic E-state index is -0.292. The average Bonchev–Trinajstić information content (AvgIpc) is 2.27. The molecule has 1 aromatic rings. The molecule has 1 aliphatic carbocycles. The predicted molar refractivity (Wildman–Crippen MR) is 71.0 cm³/mol. The van der Waals surface area contributed by atoms with E-state index in [2.05, 4.69) is 43.4 Å². The van der Waals surface area contributed by atoms with Crippen molar-refractivity contribution >= 4 is 0 Å². The lowest BCUT2D eigenvalue weighted by molar-refractivity contribution is 0.153. The number of benzene rings is 1. The molecule has 0 heterocycles. The highest BCUT2D eigenvalue weighted by Gasteiger charge is 2.35. The summed E-state index contributed by atoms with van der Waals surface area (Å²) in [6.07, 6.45) is 2.07. The quantitative estimate of drug-likeness (QED) is 0.841. The maximum Gasteiger partial charge on any atom is 0.0636 e. The maximum absolute atomic E-state index is 9.44. The van der Waals surface area contributed by atoms with Crippen molar-refractivity contribution in [3.8, 4) is 0 Å². The Hall–Kier alpha value is -0.860. The zero-order valence-corrected chi connectivity index (χ0v) is 11.0. The van der Waals surface area contributed by atoms with Gasteiger partial charge in [0, 0.05) is 12.6 Å². The molecule has 0 saturated carbocycles. The van der Waals surface area contributed by atoms with Crippen LogP contribution in [0, 0.1) is 5.41 Å². The van der Waals surface area contributed by atoms with Gasteiger partial charge in [-0.1, -0.05) is 38.1 Å². The van der Waals surface area contributed by atoms with Crippen molar-refractivity contribution in [2.75, 3.05) is 6.54 Å². The number of hydrogen-bond acceptors (Lipinski definition) is 2. The smallest absolute Gasteiger partial charge is 0.0636 e. The third-order valence-corrected chi connectivity index (χ3v) is 3.80. The van der Waals surface area contributed by atoms with E-state index in [1.807, 2.05) is 6.92 Å². The summed E-state index contributed by atoms with van der Waals surface area (Å²) in [4.78, 5) is 0. The van der Waals surface area contributed by atoms with Crippen molar-refractivity contribution in [1.82, 2.24) is 5.32 Å². The fourth-order valence-corrected chi connectivity index (χ4v) is 2.74. The Labute approximate surface area is 104 Å². The van der Waals surface area contributed by atoms with E-state index in [-0.39, 0.29) is 11.5 Å². The van der Waals surface area contributed by atoms with Gasteiger partial charge in [0.15, 0.2) is 0 Å². The van der Waals surface area contributed by atoms with Crippen molar-refractivity contribution in [3.05, 3.63) is 35.4 Å². The van der Waals surface area contributed by atoms with Gasteiger partial charge in [0.25, 0.3) is 0 Å². The molecule has 17 heavy (non-hydrogen) atoms. The van der Waals surface area contributed by atoms with Crippen molar-refractivity contribution in [1.29, 1.82) is 0 Å². The monoisotopic (exact) mass is 233 g/mol. The maximum atomic E-state index is 9.44. The normalized spacial score (nSPS) is 24.1. The van der Waals surface area contributed by atoms with Crippen LogP contribution in [-0.2, 0) is 6.42 Å². The molecule has 0 spiro atoms. The predicted octanol–water partition coefficient (Wildman–Crippen LogP) is 2.67. The molecule has 2 rings (SSSR count). The van der Waals surface area contributed by atoms with Crippen molar-refractivity contribution in [3.63, 3.8) is 0 Å². The van der Waals surface area contributed by atoms with Crippen LogP contribution in [0.4, 0.5) is 0 Å². The van der Waals surface area contributed by atoms with Gasteiger partial charge >= 0.3 is 0 Å². The first-order valence-electron chi connectivity index (χ1n) is 6.50. The number of aliphatic hydroxyl groups excluding tert-OH is 1. The Kier molecular flexibility index (Phi) is 3.55. The molecule has 94 valence electrons. The zero-order chi connectivity index (χ0) is 12.5. The van der Waals surface area contributed by atoms with Gasteiger partial charge in [-0.3, -0.25) is 0 Å². The molecule has 0 aromatic heterocycles. The zero-order valence-electron chi connectivity index (χ0n) is 11.0. The lowest BCUT2D eigenvalue weighted by Crippen LogP contribution is -2.40. The van der Waals surface area contributed by atoms with Crippen LogP contribution in [0.2, 0.25) is 0 Å². The van der Waals surface area contributed by atoms with Crippen LogP contribution in [0.1, 0.15) is 44.4 Å². The second-order valence-corrected chi connectivity index (χ2v) is 5.88. The minimum absolute atomic E-state index is 0.253. The van der Waals surface area contributed by atoms with Crippen LogP contribution >= 0.6 is 0 Å². The lowest BCUT2D eigenvalue weighted by atomic mass is 9.70. The Balaban J connectivity index is 2.25. The summed E-state index contributed by atoms with van der Waals surface area (Å²) >= 11 is 0. The molecule has 0 aliphatic heterocycles. The number of aliphatic hydroxyl groups is 1. The second-order valence-electron chi connectivity index (χ2n) is 5.88. The average molecular weight is 233 g/mol. The molecule has 0 amide bonds. The molecule has 2 N–H and O–H groups in total. The SMILES string of the molecule is CC(O)CNC1c2ccccc2CCC1(C)C. The fourth-order valence-electron chi connectivity index (χ4n) is 2.74. The van der Waals surface area contributed by atoms with Crippen LogP contribution in [-0.4, -0.2) is 17.8 Å². The van der Waals surface area contributed by atoms with Gasteiger partial charge in [0.2, 0.25) is 0 Å². The van der Waals surface area contributed by atoms with Gasteiger partial charge in [-0.2, -0.15) is 0 Å². The van der Waals surface area contributed by atoms with Crippen molar-refractivity contribution < 1.29 is 5.11 Å². The molecule has 0 saturated heterocycles. The molecular formula is C15H23NO. The van der Waals surface area contributed by atoms with Gasteiger partial charge in [-0.25, -0.2) is 0 Å². The minimum Gasteiger partial charge on any atom is -0.392 e. The van der Waals surface area contributed by atoms with E-state index in [1.165, 1.54) is 17.5 Å². The van der Waals surface area contributed by atoms with E-state index in [0.29, 0.717) is 12.6 Å². The number of hydrogen-bond donors (Lipinski definition) is 2. The van der Waals surface area contributed by atoms with Crippen LogP contribution in [0.25, 0.3) is 0 Å². The molecule has 2 nitrogen and oxygen atoms in total. The Morgan fingerprint density at radius 3 is 2.82 bits per heavy atom. The summed E-state index contributed by atoms with van der Waals surface area (Å²) in [5.41, 5.74) is 3.11. The Morgan fingerprint density at radius 1 is 1.41 bits per heavy atom. The third kappa shape index (κ3) is 2.70. The van der Waals surface area contributed by atoms with Crippen LogP contribution in [0.15, 0.2) is 24.3 Å². The highest BCUT2D eigenvalue weighted by molar-refractivity contribution is 5.34. The fraction of sp³-hybridized carbons (Fsp3) is 0.600. The summed E-state index contributed by atoms with van der Waals surface area (Å²) in [5.74, 6) is 0. The van der Waals surface area contributed by atoms with Gasteiger partial charge in [-0.15, -0.1) is 0 Å². The molecule has 0 fully saturated rings. The van der Waals surface area contributed by atoms with E-state index >= 15 is 0 Å².